The highest BCUT2D eigenvalue weighted by Crippen LogP contribution is 2.11. The number of oxazole rings is 1. The quantitative estimate of drug-likeness (QED) is 0.836. The molecule has 0 saturated carbocycles. The van der Waals surface area contributed by atoms with E-state index in [1.807, 2.05) is 34.6 Å². The number of amides is 1. The Hall–Kier alpha value is -1.36. The van der Waals surface area contributed by atoms with Gasteiger partial charge in [0.25, 0.3) is 0 Å². The van der Waals surface area contributed by atoms with E-state index >= 15 is 0 Å². The number of aromatic nitrogens is 1. The Bertz CT molecular complexity index is 379. The van der Waals surface area contributed by atoms with Gasteiger partial charge in [-0.1, -0.05) is 0 Å². The van der Waals surface area contributed by atoms with Crippen molar-refractivity contribution in [2.75, 3.05) is 6.54 Å². The van der Waals surface area contributed by atoms with Gasteiger partial charge in [0.15, 0.2) is 0 Å². The maximum Gasteiger partial charge on any atom is 0.234 e. The number of hydrogen-bond donors (Lipinski definition) is 2. The Morgan fingerprint density at radius 2 is 2.18 bits per heavy atom. The van der Waals surface area contributed by atoms with E-state index in [4.69, 9.17) is 4.42 Å². The molecular formula is C12H21N3O2. The van der Waals surface area contributed by atoms with Crippen molar-refractivity contribution < 1.29 is 9.21 Å². The van der Waals surface area contributed by atoms with Crippen LogP contribution in [0.25, 0.3) is 0 Å². The highest BCUT2D eigenvalue weighted by Gasteiger charge is 2.16. The van der Waals surface area contributed by atoms with Crippen LogP contribution in [0.1, 0.15) is 45.4 Å². The van der Waals surface area contributed by atoms with Crippen molar-refractivity contribution in [3.8, 4) is 0 Å². The van der Waals surface area contributed by atoms with Crippen molar-refractivity contribution >= 4 is 5.91 Å². The normalized spacial score (nSPS) is 13.5. The predicted molar refractivity (Wildman–Crippen MR) is 65.6 cm³/mol. The van der Waals surface area contributed by atoms with Gasteiger partial charge in [-0.05, 0) is 34.6 Å². The minimum Gasteiger partial charge on any atom is -0.444 e. The van der Waals surface area contributed by atoms with E-state index in [-0.39, 0.29) is 24.0 Å². The summed E-state index contributed by atoms with van der Waals surface area (Å²) in [6.45, 7) is 9.86. The Kier molecular flexibility index (Phi) is 4.28. The van der Waals surface area contributed by atoms with Crippen molar-refractivity contribution in [1.82, 2.24) is 15.6 Å². The molecule has 0 aromatic carbocycles. The fourth-order valence-corrected chi connectivity index (χ4v) is 1.37. The summed E-state index contributed by atoms with van der Waals surface area (Å²) in [4.78, 5) is 15.7. The molecule has 1 aromatic heterocycles. The van der Waals surface area contributed by atoms with Crippen LogP contribution in [-0.4, -0.2) is 23.0 Å². The SMILES string of the molecule is Cc1cnc(C(C)NCC(=O)NC(C)(C)C)o1. The van der Waals surface area contributed by atoms with Gasteiger partial charge in [0.1, 0.15) is 5.76 Å². The maximum absolute atomic E-state index is 11.6. The standard InChI is InChI=1S/C12H21N3O2/c1-8-6-14-11(17-8)9(2)13-7-10(16)15-12(3,4)5/h6,9,13H,7H2,1-5H3,(H,15,16). The minimum absolute atomic E-state index is 0.0346. The van der Waals surface area contributed by atoms with E-state index in [0.29, 0.717) is 5.89 Å². The zero-order chi connectivity index (χ0) is 13.1. The highest BCUT2D eigenvalue weighted by atomic mass is 16.4. The van der Waals surface area contributed by atoms with Gasteiger partial charge in [-0.3, -0.25) is 10.1 Å². The first-order chi connectivity index (χ1) is 7.78. The second kappa shape index (κ2) is 5.31. The molecule has 0 radical (unpaired) electrons. The van der Waals surface area contributed by atoms with Crippen molar-refractivity contribution in [3.05, 3.63) is 17.8 Å². The smallest absolute Gasteiger partial charge is 0.234 e. The van der Waals surface area contributed by atoms with Crippen LogP contribution in [-0.2, 0) is 4.79 Å². The van der Waals surface area contributed by atoms with Gasteiger partial charge in [-0.2, -0.15) is 0 Å². The van der Waals surface area contributed by atoms with Crippen LogP contribution >= 0.6 is 0 Å². The molecule has 0 spiro atoms. The zero-order valence-electron chi connectivity index (χ0n) is 11.1. The predicted octanol–water partition coefficient (Wildman–Crippen LogP) is 1.55. The summed E-state index contributed by atoms with van der Waals surface area (Å²) in [5.41, 5.74) is -0.207. The lowest BCUT2D eigenvalue weighted by molar-refractivity contribution is -0.121. The van der Waals surface area contributed by atoms with Crippen molar-refractivity contribution in [2.45, 2.75) is 46.2 Å². The van der Waals surface area contributed by atoms with Crippen molar-refractivity contribution in [2.24, 2.45) is 0 Å². The summed E-state index contributed by atoms with van der Waals surface area (Å²) in [5, 5.41) is 5.95. The first kappa shape index (κ1) is 13.7. The molecule has 0 aliphatic heterocycles. The molecule has 1 amide bonds. The van der Waals surface area contributed by atoms with E-state index in [1.54, 1.807) is 6.20 Å². The lowest BCUT2D eigenvalue weighted by Crippen LogP contribution is -2.45. The molecule has 1 heterocycles. The molecule has 0 fully saturated rings. The number of carbonyl (C=O) groups is 1. The van der Waals surface area contributed by atoms with Gasteiger partial charge in [0.05, 0.1) is 18.8 Å². The Morgan fingerprint density at radius 3 is 2.65 bits per heavy atom. The van der Waals surface area contributed by atoms with Crippen LogP contribution in [0.5, 0.6) is 0 Å². The average molecular weight is 239 g/mol. The molecule has 0 aliphatic carbocycles. The van der Waals surface area contributed by atoms with E-state index in [0.717, 1.165) is 5.76 Å². The molecule has 1 aromatic rings. The molecule has 96 valence electrons. The molecule has 1 rings (SSSR count). The third kappa shape index (κ3) is 4.99. The molecule has 1 unspecified atom stereocenters. The number of carbonyl (C=O) groups excluding carboxylic acids is 1. The average Bonchev–Trinajstić information content (AvgIpc) is 2.58. The lowest BCUT2D eigenvalue weighted by atomic mass is 10.1. The second-order valence-electron chi connectivity index (χ2n) is 5.21. The Balaban J connectivity index is 2.38. The largest absolute Gasteiger partial charge is 0.444 e. The van der Waals surface area contributed by atoms with E-state index in [9.17, 15) is 4.79 Å². The lowest BCUT2D eigenvalue weighted by Gasteiger charge is -2.21. The minimum atomic E-state index is -0.207. The molecule has 1 atom stereocenters. The molecule has 0 aliphatic rings. The van der Waals surface area contributed by atoms with Gasteiger partial charge >= 0.3 is 0 Å². The summed E-state index contributed by atoms with van der Waals surface area (Å²) >= 11 is 0. The van der Waals surface area contributed by atoms with Gasteiger partial charge < -0.3 is 9.73 Å². The second-order valence-corrected chi connectivity index (χ2v) is 5.21. The fraction of sp³-hybridized carbons (Fsp3) is 0.667. The van der Waals surface area contributed by atoms with Crippen LogP contribution < -0.4 is 10.6 Å². The van der Waals surface area contributed by atoms with Gasteiger partial charge in [-0.15, -0.1) is 0 Å². The highest BCUT2D eigenvalue weighted by molar-refractivity contribution is 5.78. The third-order valence-electron chi connectivity index (χ3n) is 2.09. The molecule has 0 saturated heterocycles. The van der Waals surface area contributed by atoms with Crippen LogP contribution in [0.2, 0.25) is 0 Å². The number of hydrogen-bond acceptors (Lipinski definition) is 4. The van der Waals surface area contributed by atoms with Crippen molar-refractivity contribution in [1.29, 1.82) is 0 Å². The molecule has 0 bridgehead atoms. The molecule has 17 heavy (non-hydrogen) atoms. The van der Waals surface area contributed by atoms with Gasteiger partial charge in [0.2, 0.25) is 11.8 Å². The fourth-order valence-electron chi connectivity index (χ4n) is 1.37. The zero-order valence-corrected chi connectivity index (χ0v) is 11.1. The first-order valence-electron chi connectivity index (χ1n) is 5.74. The molecular weight excluding hydrogens is 218 g/mol. The Morgan fingerprint density at radius 1 is 1.53 bits per heavy atom. The van der Waals surface area contributed by atoms with Crippen molar-refractivity contribution in [3.63, 3.8) is 0 Å². The van der Waals surface area contributed by atoms with Gasteiger partial charge in [-0.25, -0.2) is 4.98 Å². The summed E-state index contributed by atoms with van der Waals surface area (Å²) < 4.78 is 5.37. The van der Waals surface area contributed by atoms with Crippen LogP contribution in [0.15, 0.2) is 10.6 Å². The monoisotopic (exact) mass is 239 g/mol. The van der Waals surface area contributed by atoms with E-state index in [1.165, 1.54) is 0 Å². The molecule has 5 nitrogen and oxygen atoms in total. The molecule has 2 N–H and O–H groups in total. The van der Waals surface area contributed by atoms with Crippen LogP contribution in [0.4, 0.5) is 0 Å². The number of nitrogens with one attached hydrogen (secondary N) is 2. The number of rotatable bonds is 4. The molecule has 5 heteroatoms. The first-order valence-corrected chi connectivity index (χ1v) is 5.74. The number of nitrogens with zero attached hydrogens (tertiary/aromatic N) is 1. The number of aryl methyl sites for hydroxylation is 1. The maximum atomic E-state index is 11.6. The summed E-state index contributed by atoms with van der Waals surface area (Å²) in [6.07, 6.45) is 1.67. The summed E-state index contributed by atoms with van der Waals surface area (Å²) in [6, 6.07) is -0.0746. The van der Waals surface area contributed by atoms with E-state index in [2.05, 4.69) is 15.6 Å². The summed E-state index contributed by atoms with van der Waals surface area (Å²) in [5.74, 6) is 1.34. The van der Waals surface area contributed by atoms with E-state index < -0.39 is 0 Å². The Labute approximate surface area is 102 Å². The van der Waals surface area contributed by atoms with Crippen LogP contribution in [0, 0.1) is 6.92 Å². The summed E-state index contributed by atoms with van der Waals surface area (Å²) in [7, 11) is 0. The van der Waals surface area contributed by atoms with Crippen LogP contribution in [0.3, 0.4) is 0 Å². The van der Waals surface area contributed by atoms with Gasteiger partial charge in [0, 0.05) is 5.54 Å². The third-order valence-corrected chi connectivity index (χ3v) is 2.09. The topological polar surface area (TPSA) is 67.2 Å².